The SMILES string of the molecule is C=C(C(=O)OC(F)(F)F)C(F)(C(F)F)C(F)(F)F. The van der Waals surface area contributed by atoms with Crippen molar-refractivity contribution >= 4 is 5.97 Å². The van der Waals surface area contributed by atoms with Gasteiger partial charge in [0.1, 0.15) is 0 Å². The summed E-state index contributed by atoms with van der Waals surface area (Å²) in [5.74, 6) is -2.98. The molecule has 0 amide bonds. The van der Waals surface area contributed by atoms with Crippen molar-refractivity contribution in [3.63, 3.8) is 0 Å². The molecule has 0 aliphatic heterocycles. The molecule has 0 saturated carbocycles. The highest BCUT2D eigenvalue weighted by Crippen LogP contribution is 2.44. The first-order valence-electron chi connectivity index (χ1n) is 3.76. The van der Waals surface area contributed by atoms with Crippen LogP contribution in [0.4, 0.5) is 39.5 Å². The summed E-state index contributed by atoms with van der Waals surface area (Å²) in [7, 11) is 0. The topological polar surface area (TPSA) is 26.3 Å². The first-order chi connectivity index (χ1) is 7.73. The molecule has 0 aliphatic rings. The number of alkyl halides is 9. The first-order valence-corrected chi connectivity index (χ1v) is 3.76. The monoisotopic (exact) mass is 290 g/mol. The van der Waals surface area contributed by atoms with Crippen LogP contribution in [0.2, 0.25) is 0 Å². The van der Waals surface area contributed by atoms with E-state index < -0.39 is 36.2 Å². The molecular formula is C7H3F9O2. The van der Waals surface area contributed by atoms with Crippen LogP contribution in [-0.4, -0.2) is 30.6 Å². The number of esters is 1. The van der Waals surface area contributed by atoms with Crippen LogP contribution in [0.1, 0.15) is 0 Å². The van der Waals surface area contributed by atoms with Crippen molar-refractivity contribution < 1.29 is 49.0 Å². The Hall–Kier alpha value is -1.42. The Morgan fingerprint density at radius 1 is 1.00 bits per heavy atom. The van der Waals surface area contributed by atoms with E-state index in [0.717, 1.165) is 0 Å². The van der Waals surface area contributed by atoms with Crippen LogP contribution in [0.15, 0.2) is 12.2 Å². The average Bonchev–Trinajstić information content (AvgIpc) is 2.10. The summed E-state index contributed by atoms with van der Waals surface area (Å²) in [4.78, 5) is 10.4. The number of halogens is 9. The second kappa shape index (κ2) is 4.69. The van der Waals surface area contributed by atoms with E-state index in [1.54, 1.807) is 0 Å². The van der Waals surface area contributed by atoms with Gasteiger partial charge in [-0.3, -0.25) is 0 Å². The molecule has 0 rings (SSSR count). The Morgan fingerprint density at radius 2 is 1.39 bits per heavy atom. The molecule has 0 spiro atoms. The molecule has 0 aromatic carbocycles. The zero-order valence-electron chi connectivity index (χ0n) is 8.00. The number of hydrogen-bond acceptors (Lipinski definition) is 2. The Bertz CT molecular complexity index is 342. The van der Waals surface area contributed by atoms with Gasteiger partial charge in [0.05, 0.1) is 5.57 Å². The van der Waals surface area contributed by atoms with Crippen LogP contribution >= 0.6 is 0 Å². The highest BCUT2D eigenvalue weighted by molar-refractivity contribution is 5.90. The van der Waals surface area contributed by atoms with Gasteiger partial charge < -0.3 is 4.74 Å². The minimum atomic E-state index is -6.33. The smallest absolute Gasteiger partial charge is 0.369 e. The maximum absolute atomic E-state index is 13.0. The van der Waals surface area contributed by atoms with Crippen molar-refractivity contribution in [2.24, 2.45) is 0 Å². The van der Waals surface area contributed by atoms with Gasteiger partial charge in [0.15, 0.2) is 0 Å². The fraction of sp³-hybridized carbons (Fsp3) is 0.571. The number of carbonyl (C=O) groups is 1. The molecule has 0 aromatic rings. The summed E-state index contributed by atoms with van der Waals surface area (Å²) >= 11 is 0. The minimum Gasteiger partial charge on any atom is -0.369 e. The number of hydrogen-bond donors (Lipinski definition) is 0. The van der Waals surface area contributed by atoms with Gasteiger partial charge in [-0.25, -0.2) is 18.0 Å². The molecule has 1 unspecified atom stereocenters. The lowest BCUT2D eigenvalue weighted by molar-refractivity contribution is -0.307. The largest absolute Gasteiger partial charge is 0.575 e. The summed E-state index contributed by atoms with van der Waals surface area (Å²) in [6, 6.07) is 0. The number of rotatable bonds is 3. The molecule has 11 heteroatoms. The lowest BCUT2D eigenvalue weighted by Crippen LogP contribution is -2.51. The van der Waals surface area contributed by atoms with E-state index in [1.807, 2.05) is 6.58 Å². The van der Waals surface area contributed by atoms with Crippen molar-refractivity contribution in [2.45, 2.75) is 24.6 Å². The van der Waals surface area contributed by atoms with E-state index in [9.17, 15) is 44.3 Å². The molecule has 0 N–H and O–H groups in total. The summed E-state index contributed by atoms with van der Waals surface area (Å²) < 4.78 is 110. The summed E-state index contributed by atoms with van der Waals surface area (Å²) in [6.45, 7) is 1.95. The van der Waals surface area contributed by atoms with Gasteiger partial charge >= 0.3 is 18.5 Å². The predicted octanol–water partition coefficient (Wildman–Crippen LogP) is 3.14. The highest BCUT2D eigenvalue weighted by Gasteiger charge is 2.67. The molecule has 0 heterocycles. The van der Waals surface area contributed by atoms with Crippen LogP contribution in [0.3, 0.4) is 0 Å². The van der Waals surface area contributed by atoms with Crippen LogP contribution in [0.25, 0.3) is 0 Å². The lowest BCUT2D eigenvalue weighted by Gasteiger charge is -2.27. The van der Waals surface area contributed by atoms with Crippen molar-refractivity contribution in [3.8, 4) is 0 Å². The molecule has 0 bridgehead atoms. The summed E-state index contributed by atoms with van der Waals surface area (Å²) in [6.07, 6.45) is -16.9. The zero-order chi connectivity index (χ0) is 14.9. The Morgan fingerprint density at radius 3 is 1.61 bits per heavy atom. The number of ether oxygens (including phenoxy) is 1. The molecule has 1 atom stereocenters. The lowest BCUT2D eigenvalue weighted by atomic mass is 9.97. The Kier molecular flexibility index (Phi) is 4.32. The van der Waals surface area contributed by atoms with Crippen molar-refractivity contribution in [1.82, 2.24) is 0 Å². The standard InChI is InChI=1S/C7H3F9O2/c1-2(3(17)18-7(14,15)16)5(10,4(8)9)6(11,12)13/h4H,1H2. The van der Waals surface area contributed by atoms with E-state index in [-0.39, 0.29) is 0 Å². The van der Waals surface area contributed by atoms with Crippen molar-refractivity contribution in [2.75, 3.05) is 0 Å². The third kappa shape index (κ3) is 3.29. The first kappa shape index (κ1) is 16.6. The Labute approximate surface area is 93.0 Å². The number of carbonyl (C=O) groups excluding carboxylic acids is 1. The highest BCUT2D eigenvalue weighted by atomic mass is 19.4. The third-order valence-corrected chi connectivity index (χ3v) is 1.61. The van der Waals surface area contributed by atoms with E-state index >= 15 is 0 Å². The van der Waals surface area contributed by atoms with Crippen molar-refractivity contribution in [1.29, 1.82) is 0 Å². The van der Waals surface area contributed by atoms with E-state index in [4.69, 9.17) is 0 Å². The van der Waals surface area contributed by atoms with Gasteiger partial charge in [-0.1, -0.05) is 6.58 Å². The zero-order valence-corrected chi connectivity index (χ0v) is 8.00. The van der Waals surface area contributed by atoms with Crippen LogP contribution in [-0.2, 0) is 9.53 Å². The van der Waals surface area contributed by atoms with Crippen LogP contribution in [0.5, 0.6) is 0 Å². The van der Waals surface area contributed by atoms with Gasteiger partial charge in [0, 0.05) is 0 Å². The van der Waals surface area contributed by atoms with Gasteiger partial charge in [0.2, 0.25) is 0 Å². The fourth-order valence-electron chi connectivity index (χ4n) is 0.742. The quantitative estimate of drug-likeness (QED) is 0.453. The van der Waals surface area contributed by atoms with E-state index in [0.29, 0.717) is 0 Å². The van der Waals surface area contributed by atoms with Gasteiger partial charge in [0.25, 0.3) is 12.1 Å². The Balaban J connectivity index is 5.32. The fourth-order valence-corrected chi connectivity index (χ4v) is 0.742. The molecule has 2 nitrogen and oxygen atoms in total. The molecule has 18 heavy (non-hydrogen) atoms. The van der Waals surface area contributed by atoms with Crippen LogP contribution < -0.4 is 0 Å². The molecular weight excluding hydrogens is 287 g/mol. The second-order valence-corrected chi connectivity index (χ2v) is 2.82. The molecule has 0 saturated heterocycles. The van der Waals surface area contributed by atoms with Gasteiger partial charge in [-0.2, -0.15) is 13.2 Å². The maximum atomic E-state index is 13.0. The normalized spacial score (nSPS) is 16.3. The second-order valence-electron chi connectivity index (χ2n) is 2.82. The maximum Gasteiger partial charge on any atom is 0.575 e. The van der Waals surface area contributed by atoms with E-state index in [2.05, 4.69) is 4.74 Å². The van der Waals surface area contributed by atoms with Gasteiger partial charge in [-0.05, 0) is 0 Å². The molecule has 106 valence electrons. The average molecular weight is 290 g/mol. The minimum absolute atomic E-state index is 1.95. The van der Waals surface area contributed by atoms with E-state index in [1.165, 1.54) is 0 Å². The van der Waals surface area contributed by atoms with Crippen LogP contribution in [0, 0.1) is 0 Å². The summed E-state index contributed by atoms with van der Waals surface area (Å²) in [5.41, 5.74) is -8.31. The third-order valence-electron chi connectivity index (χ3n) is 1.61. The molecule has 0 radical (unpaired) electrons. The molecule has 0 aromatic heterocycles. The van der Waals surface area contributed by atoms with Crippen molar-refractivity contribution in [3.05, 3.63) is 12.2 Å². The van der Waals surface area contributed by atoms with Gasteiger partial charge in [-0.15, -0.1) is 13.2 Å². The molecule has 0 fully saturated rings. The molecule has 0 aliphatic carbocycles. The summed E-state index contributed by atoms with van der Waals surface area (Å²) in [5, 5.41) is 0. The predicted molar refractivity (Wildman–Crippen MR) is 37.2 cm³/mol.